The molecule has 0 aliphatic rings. The molecular weight excluding hydrogens is 334 g/mol. The highest BCUT2D eigenvalue weighted by molar-refractivity contribution is 9.10. The minimum absolute atomic E-state index is 0.0175. The van der Waals surface area contributed by atoms with Crippen molar-refractivity contribution in [3.05, 3.63) is 46.1 Å². The van der Waals surface area contributed by atoms with E-state index in [-0.39, 0.29) is 15.9 Å². The summed E-state index contributed by atoms with van der Waals surface area (Å²) >= 11 is 2.92. The number of anilines is 2. The van der Waals surface area contributed by atoms with Gasteiger partial charge >= 0.3 is 0 Å². The minimum Gasteiger partial charge on any atom is -0.372 e. The molecule has 0 bridgehead atoms. The van der Waals surface area contributed by atoms with Crippen LogP contribution in [0.2, 0.25) is 0 Å². The highest BCUT2D eigenvalue weighted by Crippen LogP contribution is 2.24. The maximum Gasteiger partial charge on any atom is 0.276 e. The molecule has 0 atom stereocenters. The number of benzene rings is 1. The van der Waals surface area contributed by atoms with Gasteiger partial charge in [-0.2, -0.15) is 0 Å². The van der Waals surface area contributed by atoms with Crippen LogP contribution in [0, 0.1) is 11.6 Å². The summed E-state index contributed by atoms with van der Waals surface area (Å²) in [5.74, 6) is -1.77. The second-order valence-electron chi connectivity index (χ2n) is 3.75. The Hall–Kier alpha value is -2.09. The lowest BCUT2D eigenvalue weighted by Gasteiger charge is -2.07. The van der Waals surface area contributed by atoms with E-state index in [2.05, 4.69) is 36.8 Å². The van der Waals surface area contributed by atoms with E-state index >= 15 is 0 Å². The van der Waals surface area contributed by atoms with E-state index in [0.29, 0.717) is 11.9 Å². The van der Waals surface area contributed by atoms with Crippen LogP contribution >= 0.6 is 15.9 Å². The van der Waals surface area contributed by atoms with Crippen molar-refractivity contribution in [3.63, 3.8) is 0 Å². The van der Waals surface area contributed by atoms with Crippen LogP contribution in [0.4, 0.5) is 20.3 Å². The number of hydrogen-bond acceptors (Lipinski definition) is 4. The number of rotatable bonds is 3. The molecule has 20 heavy (non-hydrogen) atoms. The Kier molecular flexibility index (Phi) is 4.23. The van der Waals surface area contributed by atoms with Crippen LogP contribution < -0.4 is 10.6 Å². The lowest BCUT2D eigenvalue weighted by molar-refractivity contribution is 0.102. The maximum atomic E-state index is 13.5. The van der Waals surface area contributed by atoms with Crippen LogP contribution in [0.5, 0.6) is 0 Å². The number of nitrogens with one attached hydrogen (secondary N) is 2. The highest BCUT2D eigenvalue weighted by atomic mass is 79.9. The Morgan fingerprint density at radius 1 is 1.20 bits per heavy atom. The van der Waals surface area contributed by atoms with Gasteiger partial charge in [0.25, 0.3) is 5.91 Å². The largest absolute Gasteiger partial charge is 0.372 e. The molecule has 1 amide bonds. The average Bonchev–Trinajstić information content (AvgIpc) is 2.44. The van der Waals surface area contributed by atoms with Crippen molar-refractivity contribution in [1.29, 1.82) is 0 Å². The Morgan fingerprint density at radius 2 is 1.95 bits per heavy atom. The first-order valence-electron chi connectivity index (χ1n) is 5.48. The van der Waals surface area contributed by atoms with Crippen LogP contribution in [0.1, 0.15) is 10.5 Å². The molecule has 0 unspecified atom stereocenters. The van der Waals surface area contributed by atoms with Gasteiger partial charge in [-0.15, -0.1) is 10.2 Å². The predicted molar refractivity (Wildman–Crippen MR) is 73.6 cm³/mol. The van der Waals surface area contributed by atoms with Crippen molar-refractivity contribution in [3.8, 4) is 0 Å². The number of carbonyl (C=O) groups is 1. The Labute approximate surface area is 121 Å². The summed E-state index contributed by atoms with van der Waals surface area (Å²) in [5, 5.41) is 12.5. The number of amides is 1. The molecule has 104 valence electrons. The summed E-state index contributed by atoms with van der Waals surface area (Å²) in [5.41, 5.74) is -0.133. The number of aromatic nitrogens is 2. The molecule has 0 spiro atoms. The number of carbonyl (C=O) groups excluding carboxylic acids is 1. The standard InChI is InChI=1S/C12H9BrF2N4O/c1-16-11-3-2-9(18-19-11)12(20)17-10-4-6(13)7(14)5-8(10)15/h2-5H,1H3,(H,16,19)(H,17,20). The summed E-state index contributed by atoms with van der Waals surface area (Å²) in [6, 6.07) is 4.80. The zero-order chi connectivity index (χ0) is 14.7. The van der Waals surface area contributed by atoms with E-state index in [9.17, 15) is 13.6 Å². The average molecular weight is 343 g/mol. The van der Waals surface area contributed by atoms with Crippen molar-refractivity contribution >= 4 is 33.3 Å². The smallest absolute Gasteiger partial charge is 0.276 e. The third kappa shape index (κ3) is 3.08. The molecule has 1 heterocycles. The van der Waals surface area contributed by atoms with Gasteiger partial charge in [0.15, 0.2) is 5.69 Å². The molecule has 0 aliphatic heterocycles. The molecule has 1 aromatic carbocycles. The van der Waals surface area contributed by atoms with Gasteiger partial charge in [0, 0.05) is 13.1 Å². The van der Waals surface area contributed by atoms with Crippen LogP contribution in [-0.2, 0) is 0 Å². The first-order valence-corrected chi connectivity index (χ1v) is 6.28. The fraction of sp³-hybridized carbons (Fsp3) is 0.0833. The van der Waals surface area contributed by atoms with E-state index in [1.807, 2.05) is 0 Å². The predicted octanol–water partition coefficient (Wildman–Crippen LogP) is 2.81. The topological polar surface area (TPSA) is 66.9 Å². The second kappa shape index (κ2) is 5.91. The molecule has 8 heteroatoms. The van der Waals surface area contributed by atoms with Crippen LogP contribution in [-0.4, -0.2) is 23.2 Å². The molecule has 2 rings (SSSR count). The van der Waals surface area contributed by atoms with Crippen molar-refractivity contribution in [2.45, 2.75) is 0 Å². The highest BCUT2D eigenvalue weighted by Gasteiger charge is 2.13. The summed E-state index contributed by atoms with van der Waals surface area (Å²) in [7, 11) is 1.66. The Morgan fingerprint density at radius 3 is 2.55 bits per heavy atom. The van der Waals surface area contributed by atoms with Gasteiger partial charge in [0.2, 0.25) is 0 Å². The fourth-order valence-electron chi connectivity index (χ4n) is 1.39. The zero-order valence-corrected chi connectivity index (χ0v) is 11.8. The molecule has 0 aliphatic carbocycles. The normalized spacial score (nSPS) is 10.2. The van der Waals surface area contributed by atoms with Gasteiger partial charge in [-0.25, -0.2) is 8.78 Å². The van der Waals surface area contributed by atoms with E-state index < -0.39 is 17.5 Å². The van der Waals surface area contributed by atoms with E-state index in [1.54, 1.807) is 13.1 Å². The Balaban J connectivity index is 2.20. The number of hydrogen-bond donors (Lipinski definition) is 2. The van der Waals surface area contributed by atoms with E-state index in [4.69, 9.17) is 0 Å². The summed E-state index contributed by atoms with van der Waals surface area (Å²) in [4.78, 5) is 11.9. The van der Waals surface area contributed by atoms with Crippen LogP contribution in [0.15, 0.2) is 28.7 Å². The molecule has 2 N–H and O–H groups in total. The molecule has 0 radical (unpaired) electrons. The van der Waals surface area contributed by atoms with Crippen molar-refractivity contribution in [2.24, 2.45) is 0 Å². The summed E-state index contributed by atoms with van der Waals surface area (Å²) < 4.78 is 26.6. The van der Waals surface area contributed by atoms with Crippen molar-refractivity contribution in [2.75, 3.05) is 17.7 Å². The zero-order valence-electron chi connectivity index (χ0n) is 10.2. The molecular formula is C12H9BrF2N4O. The third-order valence-corrected chi connectivity index (χ3v) is 3.02. The molecule has 2 aromatic rings. The number of nitrogens with zero attached hydrogens (tertiary/aromatic N) is 2. The molecule has 5 nitrogen and oxygen atoms in total. The van der Waals surface area contributed by atoms with Gasteiger partial charge in [-0.1, -0.05) is 0 Å². The van der Waals surface area contributed by atoms with Crippen LogP contribution in [0.25, 0.3) is 0 Å². The lowest BCUT2D eigenvalue weighted by Crippen LogP contribution is -2.15. The van der Waals surface area contributed by atoms with Gasteiger partial charge < -0.3 is 10.6 Å². The minimum atomic E-state index is -0.876. The SMILES string of the molecule is CNc1ccc(C(=O)Nc2cc(Br)c(F)cc2F)nn1. The number of halogens is 3. The van der Waals surface area contributed by atoms with E-state index in [1.165, 1.54) is 6.07 Å². The Bertz CT molecular complexity index is 649. The van der Waals surface area contributed by atoms with E-state index in [0.717, 1.165) is 6.07 Å². The maximum absolute atomic E-state index is 13.5. The van der Waals surface area contributed by atoms with Crippen molar-refractivity contribution in [1.82, 2.24) is 10.2 Å². The van der Waals surface area contributed by atoms with Crippen LogP contribution in [0.3, 0.4) is 0 Å². The summed E-state index contributed by atoms with van der Waals surface area (Å²) in [6.07, 6.45) is 0. The second-order valence-corrected chi connectivity index (χ2v) is 4.61. The fourth-order valence-corrected chi connectivity index (χ4v) is 1.73. The van der Waals surface area contributed by atoms with Crippen molar-refractivity contribution < 1.29 is 13.6 Å². The molecule has 0 saturated heterocycles. The first-order chi connectivity index (χ1) is 9.51. The molecule has 0 fully saturated rings. The monoisotopic (exact) mass is 342 g/mol. The molecule has 0 saturated carbocycles. The molecule has 1 aromatic heterocycles. The quantitative estimate of drug-likeness (QED) is 0.841. The summed E-state index contributed by atoms with van der Waals surface area (Å²) in [6.45, 7) is 0. The lowest BCUT2D eigenvalue weighted by atomic mass is 10.2. The van der Waals surface area contributed by atoms with Gasteiger partial charge in [0.05, 0.1) is 10.2 Å². The first kappa shape index (κ1) is 14.3. The van der Waals surface area contributed by atoms with Gasteiger partial charge in [-0.3, -0.25) is 4.79 Å². The third-order valence-electron chi connectivity index (χ3n) is 2.41. The van der Waals surface area contributed by atoms with Gasteiger partial charge in [-0.05, 0) is 34.1 Å². The van der Waals surface area contributed by atoms with Gasteiger partial charge in [0.1, 0.15) is 17.5 Å².